The molecule has 0 aliphatic heterocycles. The van der Waals surface area contributed by atoms with Crippen LogP contribution in [0.2, 0.25) is 0 Å². The molecular formula is C17H27NO3. The van der Waals surface area contributed by atoms with Crippen LogP contribution < -0.4 is 5.73 Å². The van der Waals surface area contributed by atoms with Crippen LogP contribution in [0.5, 0.6) is 5.75 Å². The van der Waals surface area contributed by atoms with Crippen LogP contribution in [0.3, 0.4) is 0 Å². The average Bonchev–Trinajstić information content (AvgIpc) is 2.27. The molecule has 0 aliphatic carbocycles. The maximum atomic E-state index is 12.0. The lowest BCUT2D eigenvalue weighted by Gasteiger charge is -2.26. The number of hydrogen-bond donors (Lipinski definition) is 2. The number of rotatable bonds is 3. The third kappa shape index (κ3) is 5.38. The molecule has 1 aromatic rings. The molecule has 0 aromatic heterocycles. The van der Waals surface area contributed by atoms with E-state index in [-0.39, 0.29) is 11.2 Å². The third-order valence-corrected chi connectivity index (χ3v) is 3.05. The zero-order valence-electron chi connectivity index (χ0n) is 13.9. The first-order chi connectivity index (χ1) is 9.40. The van der Waals surface area contributed by atoms with Crippen molar-refractivity contribution < 1.29 is 14.6 Å². The van der Waals surface area contributed by atoms with E-state index in [4.69, 9.17) is 10.5 Å². The summed E-state index contributed by atoms with van der Waals surface area (Å²) in [5.74, 6) is -0.190. The Labute approximate surface area is 127 Å². The summed E-state index contributed by atoms with van der Waals surface area (Å²) in [5, 5.41) is 9.67. The Bertz CT molecular complexity index is 510. The largest absolute Gasteiger partial charge is 0.508 e. The molecule has 0 unspecified atom stereocenters. The van der Waals surface area contributed by atoms with Gasteiger partial charge in [0.25, 0.3) is 0 Å². The first-order valence-corrected chi connectivity index (χ1v) is 7.21. The fourth-order valence-corrected chi connectivity index (χ4v) is 2.14. The lowest BCUT2D eigenvalue weighted by molar-refractivity contribution is -0.156. The van der Waals surface area contributed by atoms with E-state index in [1.165, 1.54) is 0 Å². The Morgan fingerprint density at radius 1 is 1.24 bits per heavy atom. The van der Waals surface area contributed by atoms with E-state index in [9.17, 15) is 9.90 Å². The molecule has 0 radical (unpaired) electrons. The summed E-state index contributed by atoms with van der Waals surface area (Å²) < 4.78 is 5.31. The highest BCUT2D eigenvalue weighted by Gasteiger charge is 2.25. The number of carbonyl (C=O) groups is 1. The van der Waals surface area contributed by atoms with Crippen molar-refractivity contribution in [3.8, 4) is 5.75 Å². The second-order valence-electron chi connectivity index (χ2n) is 7.44. The van der Waals surface area contributed by atoms with E-state index in [2.05, 4.69) is 20.8 Å². The maximum Gasteiger partial charge on any atom is 0.323 e. The molecule has 4 nitrogen and oxygen atoms in total. The van der Waals surface area contributed by atoms with E-state index < -0.39 is 17.6 Å². The quantitative estimate of drug-likeness (QED) is 0.840. The number of ether oxygens (including phenoxy) is 1. The molecule has 1 rings (SSSR count). The zero-order valence-corrected chi connectivity index (χ0v) is 13.9. The van der Waals surface area contributed by atoms with Crippen LogP contribution in [0, 0.1) is 0 Å². The number of phenolic OH excluding ortho intramolecular Hbond substituents is 1. The van der Waals surface area contributed by atoms with Gasteiger partial charge in [-0.1, -0.05) is 26.8 Å². The van der Waals surface area contributed by atoms with Crippen LogP contribution in [0.15, 0.2) is 18.2 Å². The van der Waals surface area contributed by atoms with Gasteiger partial charge in [-0.25, -0.2) is 0 Å². The van der Waals surface area contributed by atoms with Gasteiger partial charge in [-0.15, -0.1) is 0 Å². The van der Waals surface area contributed by atoms with Gasteiger partial charge in [0.2, 0.25) is 0 Å². The van der Waals surface area contributed by atoms with Crippen molar-refractivity contribution in [2.24, 2.45) is 5.73 Å². The van der Waals surface area contributed by atoms with Crippen molar-refractivity contribution >= 4 is 5.97 Å². The molecule has 0 fully saturated rings. The van der Waals surface area contributed by atoms with Crippen molar-refractivity contribution in [2.45, 2.75) is 65.0 Å². The van der Waals surface area contributed by atoms with Gasteiger partial charge >= 0.3 is 5.97 Å². The van der Waals surface area contributed by atoms with Crippen molar-refractivity contribution in [1.29, 1.82) is 0 Å². The number of hydrogen-bond acceptors (Lipinski definition) is 4. The van der Waals surface area contributed by atoms with Gasteiger partial charge in [0.15, 0.2) is 0 Å². The van der Waals surface area contributed by atoms with Gasteiger partial charge in [-0.2, -0.15) is 0 Å². The van der Waals surface area contributed by atoms with Crippen LogP contribution in [0.4, 0.5) is 0 Å². The minimum atomic E-state index is -0.713. The highest BCUT2D eigenvalue weighted by atomic mass is 16.6. The first-order valence-electron chi connectivity index (χ1n) is 7.21. The lowest BCUT2D eigenvalue weighted by atomic mass is 9.82. The summed E-state index contributed by atoms with van der Waals surface area (Å²) >= 11 is 0. The van der Waals surface area contributed by atoms with E-state index in [0.717, 1.165) is 11.1 Å². The summed E-state index contributed by atoms with van der Waals surface area (Å²) in [6, 6.07) is 4.46. The van der Waals surface area contributed by atoms with E-state index in [1.807, 2.05) is 26.8 Å². The Kier molecular flexibility index (Phi) is 5.05. The Hall–Kier alpha value is -1.55. The normalized spacial score (nSPS) is 13.9. The molecular weight excluding hydrogens is 266 g/mol. The van der Waals surface area contributed by atoms with Crippen molar-refractivity contribution in [3.05, 3.63) is 29.3 Å². The monoisotopic (exact) mass is 293 g/mol. The summed E-state index contributed by atoms with van der Waals surface area (Å²) in [7, 11) is 0. The van der Waals surface area contributed by atoms with E-state index in [1.54, 1.807) is 12.1 Å². The smallest absolute Gasteiger partial charge is 0.323 e. The molecule has 0 saturated heterocycles. The molecule has 21 heavy (non-hydrogen) atoms. The number of phenols is 1. The minimum Gasteiger partial charge on any atom is -0.508 e. The van der Waals surface area contributed by atoms with Gasteiger partial charge in [0.05, 0.1) is 0 Å². The highest BCUT2D eigenvalue weighted by molar-refractivity contribution is 5.76. The fraction of sp³-hybridized carbons (Fsp3) is 0.588. The highest BCUT2D eigenvalue weighted by Crippen LogP contribution is 2.29. The van der Waals surface area contributed by atoms with Gasteiger partial charge in [0, 0.05) is 0 Å². The van der Waals surface area contributed by atoms with E-state index >= 15 is 0 Å². The average molecular weight is 293 g/mol. The Morgan fingerprint density at radius 2 is 1.81 bits per heavy atom. The van der Waals surface area contributed by atoms with Crippen molar-refractivity contribution in [2.75, 3.05) is 0 Å². The topological polar surface area (TPSA) is 72.5 Å². The Morgan fingerprint density at radius 3 is 2.29 bits per heavy atom. The van der Waals surface area contributed by atoms with Gasteiger partial charge in [0.1, 0.15) is 17.4 Å². The SMILES string of the molecule is CC(C)(C)OC(=O)[C@@H](N)Cc1ccc(O)cc1C(C)(C)C. The Balaban J connectivity index is 2.95. The van der Waals surface area contributed by atoms with Crippen LogP contribution in [0.25, 0.3) is 0 Å². The molecule has 1 atom stereocenters. The molecule has 0 aliphatic rings. The van der Waals surface area contributed by atoms with Gasteiger partial charge < -0.3 is 15.6 Å². The number of nitrogens with two attached hydrogens (primary N) is 1. The maximum absolute atomic E-state index is 12.0. The van der Waals surface area contributed by atoms with Crippen molar-refractivity contribution in [1.82, 2.24) is 0 Å². The zero-order chi connectivity index (χ0) is 16.4. The number of carbonyl (C=O) groups excluding carboxylic acids is 1. The first kappa shape index (κ1) is 17.5. The molecule has 0 saturated carbocycles. The standard InChI is InChI=1S/C17H27NO3/c1-16(2,3)13-10-12(19)8-7-11(13)9-14(18)15(20)21-17(4,5)6/h7-8,10,14,19H,9,18H2,1-6H3/t14-/m0/s1. The number of benzene rings is 1. The predicted octanol–water partition coefficient (Wildman–Crippen LogP) is 2.90. The van der Waals surface area contributed by atoms with E-state index in [0.29, 0.717) is 6.42 Å². The molecule has 0 spiro atoms. The van der Waals surface area contributed by atoms with Crippen LogP contribution >= 0.6 is 0 Å². The van der Waals surface area contributed by atoms with Crippen LogP contribution in [-0.2, 0) is 21.4 Å². The number of esters is 1. The summed E-state index contributed by atoms with van der Waals surface area (Å²) in [6.07, 6.45) is 0.391. The third-order valence-electron chi connectivity index (χ3n) is 3.05. The van der Waals surface area contributed by atoms with Crippen LogP contribution in [0.1, 0.15) is 52.7 Å². The molecule has 1 aromatic carbocycles. The molecule has 0 amide bonds. The second-order valence-corrected chi connectivity index (χ2v) is 7.44. The molecule has 4 heteroatoms. The summed E-state index contributed by atoms with van der Waals surface area (Å²) in [6.45, 7) is 11.6. The summed E-state index contributed by atoms with van der Waals surface area (Å²) in [4.78, 5) is 12.0. The molecule has 0 bridgehead atoms. The van der Waals surface area contributed by atoms with Crippen LogP contribution in [-0.4, -0.2) is 22.7 Å². The second kappa shape index (κ2) is 6.06. The fourth-order valence-electron chi connectivity index (χ4n) is 2.14. The molecule has 118 valence electrons. The minimum absolute atomic E-state index is 0.137. The van der Waals surface area contributed by atoms with Gasteiger partial charge in [-0.3, -0.25) is 4.79 Å². The lowest BCUT2D eigenvalue weighted by Crippen LogP contribution is -2.39. The van der Waals surface area contributed by atoms with Gasteiger partial charge in [-0.05, 0) is 55.9 Å². The van der Waals surface area contributed by atoms with Crippen molar-refractivity contribution in [3.63, 3.8) is 0 Å². The molecule has 0 heterocycles. The predicted molar refractivity (Wildman–Crippen MR) is 84.3 cm³/mol. The number of aromatic hydroxyl groups is 1. The molecule has 3 N–H and O–H groups in total. The summed E-state index contributed by atoms with van der Waals surface area (Å²) in [5.41, 5.74) is 7.23.